The van der Waals surface area contributed by atoms with Crippen LogP contribution in [0.4, 0.5) is 0 Å². The fraction of sp³-hybridized carbons (Fsp3) is 0.417. The van der Waals surface area contributed by atoms with Crippen LogP contribution >= 0.6 is 35.0 Å². The number of benzene rings is 1. The van der Waals surface area contributed by atoms with Crippen LogP contribution in [0.5, 0.6) is 0 Å². The van der Waals surface area contributed by atoms with E-state index in [2.05, 4.69) is 27.9 Å². The summed E-state index contributed by atoms with van der Waals surface area (Å²) in [5.74, 6) is 0.124. The lowest BCUT2D eigenvalue weighted by molar-refractivity contribution is 0.0742. The molecule has 17 heavy (non-hydrogen) atoms. The van der Waals surface area contributed by atoms with Gasteiger partial charge in [-0.05, 0) is 47.7 Å². The van der Waals surface area contributed by atoms with Crippen LogP contribution in [0.3, 0.4) is 0 Å². The van der Waals surface area contributed by atoms with Crippen LogP contribution in [0.15, 0.2) is 24.3 Å². The molecule has 0 bridgehead atoms. The molecular weight excluding hydrogens is 351 g/mol. The van der Waals surface area contributed by atoms with Crippen molar-refractivity contribution < 1.29 is 4.79 Å². The minimum absolute atomic E-state index is 0. The molecule has 1 aromatic carbocycles. The maximum absolute atomic E-state index is 12.2. The molecule has 1 saturated heterocycles. The second kappa shape index (κ2) is 6.56. The molecule has 1 aromatic rings. The summed E-state index contributed by atoms with van der Waals surface area (Å²) in [6, 6.07) is 8.06. The van der Waals surface area contributed by atoms with Crippen LogP contribution in [0.1, 0.15) is 16.8 Å². The van der Waals surface area contributed by atoms with E-state index in [0.29, 0.717) is 6.04 Å². The Hall–Kier alpha value is -0.330. The largest absolute Gasteiger partial charge is 0.337 e. The highest BCUT2D eigenvalue weighted by Crippen LogP contribution is 2.16. The first-order valence-electron chi connectivity index (χ1n) is 5.42. The van der Waals surface area contributed by atoms with Crippen molar-refractivity contribution in [3.05, 3.63) is 33.4 Å². The van der Waals surface area contributed by atoms with Crippen LogP contribution in [0.25, 0.3) is 0 Å². The smallest absolute Gasteiger partial charge is 0.254 e. The summed E-state index contributed by atoms with van der Waals surface area (Å²) in [5, 5.41) is 3.28. The number of nitrogens with zero attached hydrogens (tertiary/aromatic N) is 1. The minimum Gasteiger partial charge on any atom is -0.337 e. The van der Waals surface area contributed by atoms with Gasteiger partial charge in [0, 0.05) is 23.2 Å². The Bertz CT molecular complexity index is 394. The van der Waals surface area contributed by atoms with Gasteiger partial charge in [0.2, 0.25) is 0 Å². The van der Waals surface area contributed by atoms with E-state index in [1.165, 1.54) is 0 Å². The van der Waals surface area contributed by atoms with Crippen molar-refractivity contribution in [3.8, 4) is 0 Å². The third kappa shape index (κ3) is 3.33. The van der Waals surface area contributed by atoms with E-state index < -0.39 is 0 Å². The molecule has 1 aliphatic heterocycles. The van der Waals surface area contributed by atoms with Crippen LogP contribution < -0.4 is 5.32 Å². The van der Waals surface area contributed by atoms with Gasteiger partial charge in [-0.2, -0.15) is 0 Å². The molecule has 94 valence electrons. The highest BCUT2D eigenvalue weighted by atomic mass is 127. The van der Waals surface area contributed by atoms with Crippen LogP contribution in [0, 0.1) is 3.57 Å². The lowest BCUT2D eigenvalue weighted by Crippen LogP contribution is -2.38. The molecule has 1 atom stereocenters. The first-order chi connectivity index (χ1) is 7.70. The Balaban J connectivity index is 0.00000144. The van der Waals surface area contributed by atoms with Gasteiger partial charge in [-0.1, -0.05) is 12.1 Å². The summed E-state index contributed by atoms with van der Waals surface area (Å²) in [6.45, 7) is 1.92. The summed E-state index contributed by atoms with van der Waals surface area (Å²) in [7, 11) is 1.89. The van der Waals surface area contributed by atoms with Gasteiger partial charge in [-0.15, -0.1) is 12.4 Å². The summed E-state index contributed by atoms with van der Waals surface area (Å²) in [4.78, 5) is 14.1. The molecule has 1 amide bonds. The second-order valence-corrected chi connectivity index (χ2v) is 5.20. The number of amides is 1. The topological polar surface area (TPSA) is 32.3 Å². The number of carbonyl (C=O) groups excluding carboxylic acids is 1. The lowest BCUT2D eigenvalue weighted by Gasteiger charge is -2.24. The molecule has 1 N–H and O–H groups in total. The van der Waals surface area contributed by atoms with Crippen molar-refractivity contribution in [1.29, 1.82) is 0 Å². The zero-order chi connectivity index (χ0) is 11.5. The third-order valence-electron chi connectivity index (χ3n) is 3.01. The molecule has 1 heterocycles. The second-order valence-electron chi connectivity index (χ2n) is 4.04. The van der Waals surface area contributed by atoms with Gasteiger partial charge in [-0.3, -0.25) is 4.79 Å². The average molecular weight is 367 g/mol. The molecule has 5 heteroatoms. The van der Waals surface area contributed by atoms with E-state index >= 15 is 0 Å². The Kier molecular flexibility index (Phi) is 5.69. The van der Waals surface area contributed by atoms with Crippen LogP contribution in [0.2, 0.25) is 0 Å². The van der Waals surface area contributed by atoms with Gasteiger partial charge in [0.15, 0.2) is 0 Å². The van der Waals surface area contributed by atoms with Crippen molar-refractivity contribution in [2.24, 2.45) is 0 Å². The standard InChI is InChI=1S/C12H15IN2O.ClH/c1-15(9-6-7-14-8-9)12(16)10-4-2-3-5-11(10)13;/h2-5,9,14H,6-8H2,1H3;1H. The molecule has 1 unspecified atom stereocenters. The monoisotopic (exact) mass is 366 g/mol. The predicted octanol–water partition coefficient (Wildman–Crippen LogP) is 2.15. The fourth-order valence-electron chi connectivity index (χ4n) is 1.96. The first-order valence-corrected chi connectivity index (χ1v) is 6.50. The van der Waals surface area contributed by atoms with Crippen molar-refractivity contribution >= 4 is 40.9 Å². The Labute approximate surface area is 122 Å². The maximum Gasteiger partial charge on any atom is 0.254 e. The minimum atomic E-state index is 0. The number of likely N-dealkylation sites (N-methyl/N-ethyl adjacent to an activating group) is 1. The van der Waals surface area contributed by atoms with Gasteiger partial charge in [0.25, 0.3) is 5.91 Å². The summed E-state index contributed by atoms with van der Waals surface area (Å²) in [6.07, 6.45) is 1.05. The predicted molar refractivity (Wildman–Crippen MR) is 79.8 cm³/mol. The number of hydrogen-bond donors (Lipinski definition) is 1. The van der Waals surface area contributed by atoms with Gasteiger partial charge in [0.1, 0.15) is 0 Å². The van der Waals surface area contributed by atoms with Crippen LogP contribution in [-0.4, -0.2) is 37.0 Å². The first kappa shape index (κ1) is 14.7. The van der Waals surface area contributed by atoms with E-state index in [-0.39, 0.29) is 18.3 Å². The Morgan fingerprint density at radius 2 is 2.18 bits per heavy atom. The summed E-state index contributed by atoms with van der Waals surface area (Å²) in [5.41, 5.74) is 0.803. The normalized spacial score (nSPS) is 18.6. The SMILES string of the molecule is CN(C(=O)c1ccccc1I)C1CCNC1.Cl. The Morgan fingerprint density at radius 1 is 1.47 bits per heavy atom. The lowest BCUT2D eigenvalue weighted by atomic mass is 10.1. The molecule has 2 rings (SSSR count). The van der Waals surface area contributed by atoms with E-state index in [4.69, 9.17) is 0 Å². The van der Waals surface area contributed by atoms with Gasteiger partial charge < -0.3 is 10.2 Å². The highest BCUT2D eigenvalue weighted by molar-refractivity contribution is 14.1. The van der Waals surface area contributed by atoms with Crippen molar-refractivity contribution in [2.45, 2.75) is 12.5 Å². The highest BCUT2D eigenvalue weighted by Gasteiger charge is 2.24. The Morgan fingerprint density at radius 3 is 2.76 bits per heavy atom. The quantitative estimate of drug-likeness (QED) is 0.814. The number of halogens is 2. The zero-order valence-corrected chi connectivity index (χ0v) is 12.6. The maximum atomic E-state index is 12.2. The molecule has 0 radical (unpaired) electrons. The zero-order valence-electron chi connectivity index (χ0n) is 9.65. The average Bonchev–Trinajstić information content (AvgIpc) is 2.81. The molecular formula is C12H16ClIN2O. The molecule has 0 aliphatic carbocycles. The molecule has 3 nitrogen and oxygen atoms in total. The summed E-state index contributed by atoms with van der Waals surface area (Å²) >= 11 is 2.21. The summed E-state index contributed by atoms with van der Waals surface area (Å²) < 4.78 is 1.02. The molecule has 0 spiro atoms. The van der Waals surface area contributed by atoms with Crippen molar-refractivity contribution in [3.63, 3.8) is 0 Å². The van der Waals surface area contributed by atoms with E-state index in [1.54, 1.807) is 0 Å². The van der Waals surface area contributed by atoms with Gasteiger partial charge in [0.05, 0.1) is 5.56 Å². The van der Waals surface area contributed by atoms with E-state index in [9.17, 15) is 4.79 Å². The van der Waals surface area contributed by atoms with E-state index in [1.807, 2.05) is 36.2 Å². The molecule has 1 aliphatic rings. The number of hydrogen-bond acceptors (Lipinski definition) is 2. The molecule has 1 fully saturated rings. The number of rotatable bonds is 2. The van der Waals surface area contributed by atoms with Crippen LogP contribution in [-0.2, 0) is 0 Å². The van der Waals surface area contributed by atoms with Gasteiger partial charge in [-0.25, -0.2) is 0 Å². The fourth-order valence-corrected chi connectivity index (χ4v) is 2.58. The molecule has 0 saturated carbocycles. The van der Waals surface area contributed by atoms with Crippen molar-refractivity contribution in [2.75, 3.05) is 20.1 Å². The van der Waals surface area contributed by atoms with Gasteiger partial charge >= 0.3 is 0 Å². The van der Waals surface area contributed by atoms with Crippen molar-refractivity contribution in [1.82, 2.24) is 10.2 Å². The number of carbonyl (C=O) groups is 1. The van der Waals surface area contributed by atoms with E-state index in [0.717, 1.165) is 28.6 Å². The molecule has 0 aromatic heterocycles. The number of nitrogens with one attached hydrogen (secondary N) is 1. The third-order valence-corrected chi connectivity index (χ3v) is 3.95.